The van der Waals surface area contributed by atoms with Crippen LogP contribution in [0.3, 0.4) is 0 Å². The average Bonchev–Trinajstić information content (AvgIpc) is 2.34. The molecule has 1 aromatic carbocycles. The average molecular weight is 255 g/mol. The molecule has 1 fully saturated rings. The first-order valence-corrected chi connectivity index (χ1v) is 5.97. The highest BCUT2D eigenvalue weighted by atomic mass is 35.5. The molecule has 1 saturated heterocycles. The lowest BCUT2D eigenvalue weighted by atomic mass is 9.99. The highest BCUT2D eigenvalue weighted by molar-refractivity contribution is 6.31. The maximum absolute atomic E-state index is 12.2. The number of carbonyl (C=O) groups is 1. The number of hydrogen-bond acceptors (Lipinski definition) is 3. The summed E-state index contributed by atoms with van der Waals surface area (Å²) < 4.78 is 10.7. The fourth-order valence-corrected chi connectivity index (χ4v) is 2.08. The molecule has 92 valence electrons. The van der Waals surface area contributed by atoms with Gasteiger partial charge in [-0.05, 0) is 37.1 Å². The number of ketones is 1. The molecule has 0 amide bonds. The van der Waals surface area contributed by atoms with Crippen molar-refractivity contribution in [3.8, 4) is 0 Å². The Labute approximate surface area is 106 Å². The quantitative estimate of drug-likeness (QED) is 0.761. The van der Waals surface area contributed by atoms with Gasteiger partial charge in [-0.3, -0.25) is 4.79 Å². The normalized spacial score (nSPS) is 20.3. The monoisotopic (exact) mass is 254 g/mol. The molecule has 2 rings (SSSR count). The largest absolute Gasteiger partial charge is 0.376 e. The number of aryl methyl sites for hydroxylation is 2. The van der Waals surface area contributed by atoms with Gasteiger partial charge in [-0.1, -0.05) is 11.6 Å². The van der Waals surface area contributed by atoms with Crippen LogP contribution in [0.2, 0.25) is 5.02 Å². The molecule has 4 heteroatoms. The zero-order valence-corrected chi connectivity index (χ0v) is 10.7. The van der Waals surface area contributed by atoms with Crippen LogP contribution in [-0.2, 0) is 9.47 Å². The molecule has 0 saturated carbocycles. The van der Waals surface area contributed by atoms with Gasteiger partial charge < -0.3 is 9.47 Å². The minimum atomic E-state index is -0.483. The van der Waals surface area contributed by atoms with Crippen LogP contribution in [0.25, 0.3) is 0 Å². The van der Waals surface area contributed by atoms with Crippen LogP contribution in [0, 0.1) is 13.8 Å². The number of hydrogen-bond donors (Lipinski definition) is 0. The highest BCUT2D eigenvalue weighted by Crippen LogP contribution is 2.22. The minimum Gasteiger partial charge on any atom is -0.376 e. The van der Waals surface area contributed by atoms with Crippen LogP contribution in [-0.4, -0.2) is 31.7 Å². The van der Waals surface area contributed by atoms with Crippen LogP contribution >= 0.6 is 11.6 Å². The third-order valence-electron chi connectivity index (χ3n) is 2.88. The molecule has 1 aliphatic heterocycles. The summed E-state index contributed by atoms with van der Waals surface area (Å²) in [5.41, 5.74) is 2.44. The topological polar surface area (TPSA) is 35.5 Å². The second-order valence-corrected chi connectivity index (χ2v) is 4.62. The molecule has 1 unspecified atom stereocenters. The van der Waals surface area contributed by atoms with E-state index in [2.05, 4.69) is 0 Å². The molecule has 0 spiro atoms. The number of halogens is 1. The molecule has 1 atom stereocenters. The van der Waals surface area contributed by atoms with Gasteiger partial charge in [-0.15, -0.1) is 0 Å². The molecule has 0 radical (unpaired) electrons. The molecular formula is C13H15ClO3. The molecule has 0 aliphatic carbocycles. The highest BCUT2D eigenvalue weighted by Gasteiger charge is 2.25. The Morgan fingerprint density at radius 2 is 2.06 bits per heavy atom. The van der Waals surface area contributed by atoms with Crippen molar-refractivity contribution < 1.29 is 14.3 Å². The maximum Gasteiger partial charge on any atom is 0.194 e. The van der Waals surface area contributed by atoms with E-state index in [0.717, 1.165) is 11.1 Å². The standard InChI is InChI=1S/C13H15ClO3/c1-8-6-11(14)9(2)5-10(8)13(15)12-7-16-3-4-17-12/h5-6,12H,3-4,7H2,1-2H3. The van der Waals surface area contributed by atoms with Crippen molar-refractivity contribution in [2.45, 2.75) is 20.0 Å². The second-order valence-electron chi connectivity index (χ2n) is 4.21. The summed E-state index contributed by atoms with van der Waals surface area (Å²) in [7, 11) is 0. The number of carbonyl (C=O) groups excluding carboxylic acids is 1. The van der Waals surface area contributed by atoms with E-state index in [1.807, 2.05) is 26.0 Å². The van der Waals surface area contributed by atoms with E-state index in [1.54, 1.807) is 0 Å². The number of rotatable bonds is 2. The SMILES string of the molecule is Cc1cc(C(=O)C2COCCO2)c(C)cc1Cl. The van der Waals surface area contributed by atoms with E-state index >= 15 is 0 Å². The van der Waals surface area contributed by atoms with Crippen molar-refractivity contribution in [1.82, 2.24) is 0 Å². The molecule has 1 aromatic rings. The van der Waals surface area contributed by atoms with Gasteiger partial charge in [0, 0.05) is 10.6 Å². The van der Waals surface area contributed by atoms with Crippen LogP contribution in [0.15, 0.2) is 12.1 Å². The van der Waals surface area contributed by atoms with Gasteiger partial charge >= 0.3 is 0 Å². The Hall–Kier alpha value is -0.900. The number of ether oxygens (including phenoxy) is 2. The summed E-state index contributed by atoms with van der Waals surface area (Å²) >= 11 is 6.01. The van der Waals surface area contributed by atoms with Gasteiger partial charge in [-0.2, -0.15) is 0 Å². The fourth-order valence-electron chi connectivity index (χ4n) is 1.86. The smallest absolute Gasteiger partial charge is 0.194 e. The van der Waals surface area contributed by atoms with Crippen molar-refractivity contribution >= 4 is 17.4 Å². The lowest BCUT2D eigenvalue weighted by Gasteiger charge is -2.22. The Balaban J connectivity index is 2.26. The third kappa shape index (κ3) is 2.68. The van der Waals surface area contributed by atoms with Crippen LogP contribution in [0.5, 0.6) is 0 Å². The van der Waals surface area contributed by atoms with Crippen LogP contribution < -0.4 is 0 Å². The predicted molar refractivity (Wildman–Crippen MR) is 65.8 cm³/mol. The van der Waals surface area contributed by atoms with Gasteiger partial charge in [0.15, 0.2) is 5.78 Å². The van der Waals surface area contributed by atoms with E-state index in [-0.39, 0.29) is 5.78 Å². The van der Waals surface area contributed by atoms with E-state index in [4.69, 9.17) is 21.1 Å². The first kappa shape index (κ1) is 12.6. The zero-order valence-electron chi connectivity index (χ0n) is 9.96. The summed E-state index contributed by atoms with van der Waals surface area (Å²) in [5, 5.41) is 0.680. The molecule has 17 heavy (non-hydrogen) atoms. The predicted octanol–water partition coefficient (Wildman–Crippen LogP) is 2.55. The van der Waals surface area contributed by atoms with Crippen molar-refractivity contribution in [3.63, 3.8) is 0 Å². The molecule has 1 aliphatic rings. The van der Waals surface area contributed by atoms with Gasteiger partial charge in [-0.25, -0.2) is 0 Å². The van der Waals surface area contributed by atoms with Crippen molar-refractivity contribution in [2.75, 3.05) is 19.8 Å². The summed E-state index contributed by atoms with van der Waals surface area (Å²) in [5.74, 6) is -0.0260. The Bertz CT molecular complexity index is 437. The lowest BCUT2D eigenvalue weighted by Crippen LogP contribution is -2.35. The first-order chi connectivity index (χ1) is 8.09. The van der Waals surface area contributed by atoms with E-state index < -0.39 is 6.10 Å². The van der Waals surface area contributed by atoms with Gasteiger partial charge in [0.2, 0.25) is 0 Å². The molecule has 0 bridgehead atoms. The minimum absolute atomic E-state index is 0.0260. The van der Waals surface area contributed by atoms with E-state index in [9.17, 15) is 4.79 Å². The molecule has 1 heterocycles. The van der Waals surface area contributed by atoms with Crippen LogP contribution in [0.1, 0.15) is 21.5 Å². The van der Waals surface area contributed by atoms with Gasteiger partial charge in [0.1, 0.15) is 6.10 Å². The van der Waals surface area contributed by atoms with Crippen molar-refractivity contribution in [3.05, 3.63) is 33.8 Å². The van der Waals surface area contributed by atoms with Gasteiger partial charge in [0.25, 0.3) is 0 Å². The Morgan fingerprint density at radius 3 is 2.71 bits per heavy atom. The molecule has 0 aromatic heterocycles. The summed E-state index contributed by atoms with van der Waals surface area (Å²) in [6.45, 7) is 5.13. The van der Waals surface area contributed by atoms with Crippen LogP contribution in [0.4, 0.5) is 0 Å². The first-order valence-electron chi connectivity index (χ1n) is 5.60. The van der Waals surface area contributed by atoms with E-state index in [0.29, 0.717) is 30.4 Å². The maximum atomic E-state index is 12.2. The third-order valence-corrected chi connectivity index (χ3v) is 3.29. The second kappa shape index (κ2) is 5.17. The number of Topliss-reactive ketones (excluding diaryl/α,β-unsaturated/α-hetero) is 1. The van der Waals surface area contributed by atoms with Gasteiger partial charge in [0.05, 0.1) is 19.8 Å². The van der Waals surface area contributed by atoms with Crippen molar-refractivity contribution in [2.24, 2.45) is 0 Å². The molecule has 3 nitrogen and oxygen atoms in total. The number of benzene rings is 1. The summed E-state index contributed by atoms with van der Waals surface area (Å²) in [4.78, 5) is 12.2. The molecular weight excluding hydrogens is 240 g/mol. The lowest BCUT2D eigenvalue weighted by molar-refractivity contribution is -0.0719. The Kier molecular flexibility index (Phi) is 3.82. The summed E-state index contributed by atoms with van der Waals surface area (Å²) in [6.07, 6.45) is -0.483. The van der Waals surface area contributed by atoms with E-state index in [1.165, 1.54) is 0 Å². The van der Waals surface area contributed by atoms with Crippen molar-refractivity contribution in [1.29, 1.82) is 0 Å². The molecule has 0 N–H and O–H groups in total. The Morgan fingerprint density at radius 1 is 1.29 bits per heavy atom. The summed E-state index contributed by atoms with van der Waals surface area (Å²) in [6, 6.07) is 3.63. The zero-order chi connectivity index (χ0) is 12.4. The fraction of sp³-hybridized carbons (Fsp3) is 0.462.